The molecule has 2 heteroatoms. The van der Waals surface area contributed by atoms with E-state index in [1.165, 1.54) is 12.0 Å². The van der Waals surface area contributed by atoms with Gasteiger partial charge >= 0.3 is 0 Å². The summed E-state index contributed by atoms with van der Waals surface area (Å²) in [5.74, 6) is 0.756. The number of allylic oxidation sites excluding steroid dienone is 1. The Labute approximate surface area is 61.0 Å². The van der Waals surface area contributed by atoms with Crippen LogP contribution in [0.25, 0.3) is 0 Å². The second kappa shape index (κ2) is 2.37. The Balaban J connectivity index is 2.21. The van der Waals surface area contributed by atoms with Crippen LogP contribution in [0, 0.1) is 5.92 Å². The molecule has 0 radical (unpaired) electrons. The quantitative estimate of drug-likeness (QED) is 0.509. The van der Waals surface area contributed by atoms with Crippen molar-refractivity contribution in [2.45, 2.75) is 6.42 Å². The molecule has 0 aromatic carbocycles. The molecule has 0 aromatic heterocycles. The summed E-state index contributed by atoms with van der Waals surface area (Å²) in [5, 5.41) is 6.48. The summed E-state index contributed by atoms with van der Waals surface area (Å²) in [6.45, 7) is 2.24. The highest BCUT2D eigenvalue weighted by molar-refractivity contribution is 5.25. The standard InChI is InChI=1S/C8H12N2/c1-3-9-6-8-2-4-10-5-7(1)8/h1,3,5,8-10H,2,4,6H2. The molecule has 54 valence electrons. The molecule has 2 heterocycles. The molecule has 0 saturated carbocycles. The van der Waals surface area contributed by atoms with Crippen molar-refractivity contribution in [1.82, 2.24) is 10.6 Å². The van der Waals surface area contributed by atoms with E-state index in [0.717, 1.165) is 19.0 Å². The Kier molecular flexibility index (Phi) is 1.38. The normalized spacial score (nSPS) is 29.6. The topological polar surface area (TPSA) is 24.1 Å². The third-order valence-corrected chi connectivity index (χ3v) is 2.14. The van der Waals surface area contributed by atoms with Crippen molar-refractivity contribution in [3.05, 3.63) is 24.0 Å². The first-order valence-corrected chi connectivity index (χ1v) is 3.80. The van der Waals surface area contributed by atoms with Gasteiger partial charge in [-0.3, -0.25) is 0 Å². The largest absolute Gasteiger partial charge is 0.391 e. The molecule has 0 amide bonds. The van der Waals surface area contributed by atoms with Crippen LogP contribution in [0.3, 0.4) is 0 Å². The van der Waals surface area contributed by atoms with Gasteiger partial charge in [-0.25, -0.2) is 0 Å². The first-order valence-electron chi connectivity index (χ1n) is 3.80. The van der Waals surface area contributed by atoms with E-state index in [1.807, 2.05) is 6.20 Å². The SMILES string of the molecule is C1=CC2=CNCCC2CN1. The molecule has 0 bridgehead atoms. The molecule has 10 heavy (non-hydrogen) atoms. The number of fused-ring (bicyclic) bond motifs is 1. The van der Waals surface area contributed by atoms with E-state index in [4.69, 9.17) is 0 Å². The van der Waals surface area contributed by atoms with Gasteiger partial charge in [-0.15, -0.1) is 0 Å². The van der Waals surface area contributed by atoms with Crippen LogP contribution in [0.1, 0.15) is 6.42 Å². The fourth-order valence-electron chi connectivity index (χ4n) is 1.50. The minimum absolute atomic E-state index is 0.756. The van der Waals surface area contributed by atoms with Crippen LogP contribution in [-0.4, -0.2) is 13.1 Å². The number of rotatable bonds is 0. The van der Waals surface area contributed by atoms with Crippen LogP contribution in [-0.2, 0) is 0 Å². The Hall–Kier alpha value is -0.920. The number of hydrogen-bond donors (Lipinski definition) is 2. The van der Waals surface area contributed by atoms with E-state index in [1.54, 1.807) is 0 Å². The number of nitrogens with one attached hydrogen (secondary N) is 2. The lowest BCUT2D eigenvalue weighted by Crippen LogP contribution is -2.30. The van der Waals surface area contributed by atoms with Crippen LogP contribution in [0.2, 0.25) is 0 Å². The molecule has 0 saturated heterocycles. The van der Waals surface area contributed by atoms with Gasteiger partial charge in [0, 0.05) is 25.2 Å². The molecule has 2 aliphatic heterocycles. The van der Waals surface area contributed by atoms with Gasteiger partial charge in [0.15, 0.2) is 0 Å². The summed E-state index contributed by atoms with van der Waals surface area (Å²) in [5.41, 5.74) is 1.45. The maximum Gasteiger partial charge on any atom is 0.0211 e. The zero-order valence-electron chi connectivity index (χ0n) is 5.93. The molecular weight excluding hydrogens is 124 g/mol. The monoisotopic (exact) mass is 136 g/mol. The van der Waals surface area contributed by atoms with Gasteiger partial charge in [-0.2, -0.15) is 0 Å². The van der Waals surface area contributed by atoms with E-state index < -0.39 is 0 Å². The average molecular weight is 136 g/mol. The van der Waals surface area contributed by atoms with Gasteiger partial charge in [0.25, 0.3) is 0 Å². The van der Waals surface area contributed by atoms with Crippen LogP contribution in [0.5, 0.6) is 0 Å². The van der Waals surface area contributed by atoms with Gasteiger partial charge in [0.05, 0.1) is 0 Å². The fourth-order valence-corrected chi connectivity index (χ4v) is 1.50. The summed E-state index contributed by atoms with van der Waals surface area (Å²) in [4.78, 5) is 0. The third-order valence-electron chi connectivity index (χ3n) is 2.14. The molecule has 2 rings (SSSR count). The van der Waals surface area contributed by atoms with E-state index in [0.29, 0.717) is 0 Å². The molecule has 2 aliphatic rings. The Morgan fingerprint density at radius 1 is 1.40 bits per heavy atom. The lowest BCUT2D eigenvalue weighted by Gasteiger charge is -2.26. The maximum atomic E-state index is 3.24. The second-order valence-electron chi connectivity index (χ2n) is 2.83. The van der Waals surface area contributed by atoms with Gasteiger partial charge in [-0.1, -0.05) is 0 Å². The van der Waals surface area contributed by atoms with E-state index >= 15 is 0 Å². The second-order valence-corrected chi connectivity index (χ2v) is 2.83. The van der Waals surface area contributed by atoms with E-state index in [-0.39, 0.29) is 0 Å². The molecule has 0 aliphatic carbocycles. The summed E-state index contributed by atoms with van der Waals surface area (Å²) in [6, 6.07) is 0. The summed E-state index contributed by atoms with van der Waals surface area (Å²) >= 11 is 0. The zero-order chi connectivity index (χ0) is 6.81. The molecule has 2 nitrogen and oxygen atoms in total. The summed E-state index contributed by atoms with van der Waals surface area (Å²) < 4.78 is 0. The van der Waals surface area contributed by atoms with Crippen molar-refractivity contribution in [2.75, 3.05) is 13.1 Å². The Bertz CT molecular complexity index is 182. The summed E-state index contributed by atoms with van der Waals surface area (Å²) in [6.07, 6.45) is 7.57. The molecule has 0 fully saturated rings. The van der Waals surface area contributed by atoms with Gasteiger partial charge in [0.2, 0.25) is 0 Å². The molecule has 0 aromatic rings. The molecule has 1 atom stereocenters. The highest BCUT2D eigenvalue weighted by Gasteiger charge is 2.16. The summed E-state index contributed by atoms with van der Waals surface area (Å²) in [7, 11) is 0. The van der Waals surface area contributed by atoms with Crippen molar-refractivity contribution in [3.63, 3.8) is 0 Å². The predicted molar refractivity (Wildman–Crippen MR) is 41.3 cm³/mol. The van der Waals surface area contributed by atoms with Gasteiger partial charge in [-0.05, 0) is 24.3 Å². The molecule has 0 spiro atoms. The minimum atomic E-state index is 0.756. The van der Waals surface area contributed by atoms with Crippen molar-refractivity contribution < 1.29 is 0 Å². The molecular formula is C8H12N2. The predicted octanol–water partition coefficient (Wildman–Crippen LogP) is 0.597. The van der Waals surface area contributed by atoms with Crippen LogP contribution < -0.4 is 10.6 Å². The van der Waals surface area contributed by atoms with Crippen LogP contribution in [0.15, 0.2) is 24.0 Å². The first kappa shape index (κ1) is 5.83. The zero-order valence-corrected chi connectivity index (χ0v) is 5.93. The maximum absolute atomic E-state index is 3.24. The van der Waals surface area contributed by atoms with E-state index in [2.05, 4.69) is 22.9 Å². The van der Waals surface area contributed by atoms with Crippen molar-refractivity contribution in [2.24, 2.45) is 5.92 Å². The van der Waals surface area contributed by atoms with Crippen molar-refractivity contribution in [3.8, 4) is 0 Å². The van der Waals surface area contributed by atoms with Crippen molar-refractivity contribution >= 4 is 0 Å². The lowest BCUT2D eigenvalue weighted by atomic mass is 9.92. The highest BCUT2D eigenvalue weighted by Crippen LogP contribution is 2.20. The van der Waals surface area contributed by atoms with Crippen LogP contribution >= 0.6 is 0 Å². The van der Waals surface area contributed by atoms with Crippen molar-refractivity contribution in [1.29, 1.82) is 0 Å². The lowest BCUT2D eigenvalue weighted by molar-refractivity contribution is 0.499. The Morgan fingerprint density at radius 3 is 3.30 bits per heavy atom. The number of hydrogen-bond acceptors (Lipinski definition) is 2. The smallest absolute Gasteiger partial charge is 0.0211 e. The average Bonchev–Trinajstić information content (AvgIpc) is 2.05. The first-order chi connectivity index (χ1) is 4.97. The fraction of sp³-hybridized carbons (Fsp3) is 0.500. The van der Waals surface area contributed by atoms with Crippen LogP contribution in [0.4, 0.5) is 0 Å². The Morgan fingerprint density at radius 2 is 2.40 bits per heavy atom. The molecule has 2 N–H and O–H groups in total. The van der Waals surface area contributed by atoms with E-state index in [9.17, 15) is 0 Å². The molecule has 1 unspecified atom stereocenters. The third kappa shape index (κ3) is 0.897. The minimum Gasteiger partial charge on any atom is -0.391 e. The van der Waals surface area contributed by atoms with Gasteiger partial charge < -0.3 is 10.6 Å². The van der Waals surface area contributed by atoms with Gasteiger partial charge in [0.1, 0.15) is 0 Å². The highest BCUT2D eigenvalue weighted by atomic mass is 14.9.